The Morgan fingerprint density at radius 3 is 1.55 bits per heavy atom. The second kappa shape index (κ2) is 7.43. The standard InChI is InChI=1S/C25H22N4O4/c1-32-24(30)20-16-12-11-13(17(16)21(20)25(31)33-2)19-18(12)22(14-7-3-5-9-26-14)28-29-23(19)15-8-4-6-10-27-15/h3-10,12-13,16-19H,11H2,1-2H3/t12-,13+,16+,17-,18-,19+. The maximum absolute atomic E-state index is 12.7. The lowest BCUT2D eigenvalue weighted by Crippen LogP contribution is -2.52. The van der Waals surface area contributed by atoms with Crippen LogP contribution in [0.2, 0.25) is 0 Å². The number of aromatic nitrogens is 2. The molecule has 3 aliphatic carbocycles. The Labute approximate surface area is 190 Å². The number of hydrogen-bond donors (Lipinski definition) is 0. The van der Waals surface area contributed by atoms with Gasteiger partial charge in [-0.1, -0.05) is 12.1 Å². The molecule has 2 bridgehead atoms. The predicted octanol–water partition coefficient (Wildman–Crippen LogP) is 2.45. The van der Waals surface area contributed by atoms with Crippen molar-refractivity contribution in [3.63, 3.8) is 0 Å². The number of ether oxygens (including phenoxy) is 2. The van der Waals surface area contributed by atoms with Gasteiger partial charge >= 0.3 is 11.9 Å². The molecule has 2 aromatic heterocycles. The summed E-state index contributed by atoms with van der Waals surface area (Å²) in [6.45, 7) is 0. The molecule has 8 heteroatoms. The van der Waals surface area contributed by atoms with E-state index in [2.05, 4.69) is 20.2 Å². The van der Waals surface area contributed by atoms with Crippen LogP contribution in [-0.4, -0.2) is 47.5 Å². The molecule has 0 N–H and O–H groups in total. The number of carbonyl (C=O) groups excluding carboxylic acids is 2. The van der Waals surface area contributed by atoms with Gasteiger partial charge in [0.25, 0.3) is 0 Å². The summed E-state index contributed by atoms with van der Waals surface area (Å²) in [6, 6.07) is 11.5. The third-order valence-electron chi connectivity index (χ3n) is 7.68. The van der Waals surface area contributed by atoms with Gasteiger partial charge in [-0.2, -0.15) is 10.2 Å². The lowest BCUT2D eigenvalue weighted by Gasteiger charge is -2.48. The van der Waals surface area contributed by atoms with E-state index in [4.69, 9.17) is 9.47 Å². The van der Waals surface area contributed by atoms with Crippen LogP contribution in [0, 0.1) is 35.5 Å². The summed E-state index contributed by atoms with van der Waals surface area (Å²) in [6.07, 6.45) is 4.36. The normalized spacial score (nSPS) is 31.1. The highest BCUT2D eigenvalue weighted by molar-refractivity contribution is 6.12. The van der Waals surface area contributed by atoms with Gasteiger partial charge in [-0.3, -0.25) is 9.97 Å². The van der Waals surface area contributed by atoms with E-state index in [-0.39, 0.29) is 35.5 Å². The average Bonchev–Trinajstić information content (AvgIpc) is 3.37. The van der Waals surface area contributed by atoms with E-state index < -0.39 is 11.9 Å². The molecule has 0 amide bonds. The van der Waals surface area contributed by atoms with E-state index in [0.717, 1.165) is 29.2 Å². The van der Waals surface area contributed by atoms with Crippen LogP contribution in [0.1, 0.15) is 17.8 Å². The third kappa shape index (κ3) is 2.70. The second-order valence-electron chi connectivity index (χ2n) is 8.88. The summed E-state index contributed by atoms with van der Waals surface area (Å²) in [5.74, 6) is -0.716. The largest absolute Gasteiger partial charge is 0.466 e. The fourth-order valence-corrected chi connectivity index (χ4v) is 6.63. The van der Waals surface area contributed by atoms with Crippen molar-refractivity contribution in [2.45, 2.75) is 6.42 Å². The zero-order chi connectivity index (χ0) is 22.7. The predicted molar refractivity (Wildman–Crippen MR) is 118 cm³/mol. The molecule has 2 fully saturated rings. The van der Waals surface area contributed by atoms with E-state index in [9.17, 15) is 9.59 Å². The molecule has 6 rings (SSSR count). The number of carbonyl (C=O) groups is 2. The van der Waals surface area contributed by atoms with Crippen LogP contribution in [-0.2, 0) is 19.1 Å². The zero-order valence-corrected chi connectivity index (χ0v) is 18.2. The Balaban J connectivity index is 1.50. The van der Waals surface area contributed by atoms with Crippen molar-refractivity contribution in [3.05, 3.63) is 71.3 Å². The van der Waals surface area contributed by atoms with E-state index in [1.54, 1.807) is 12.4 Å². The van der Waals surface area contributed by atoms with Crippen LogP contribution < -0.4 is 0 Å². The highest BCUT2D eigenvalue weighted by Crippen LogP contribution is 2.69. The molecule has 0 saturated heterocycles. The van der Waals surface area contributed by atoms with Gasteiger partial charge in [0.2, 0.25) is 0 Å². The quantitative estimate of drug-likeness (QED) is 0.674. The summed E-state index contributed by atoms with van der Waals surface area (Å²) < 4.78 is 10.1. The van der Waals surface area contributed by atoms with Gasteiger partial charge in [0, 0.05) is 36.1 Å². The number of nitrogens with zero attached hydrogens (tertiary/aromatic N) is 4. The van der Waals surface area contributed by atoms with E-state index in [1.165, 1.54) is 14.2 Å². The first-order valence-electron chi connectivity index (χ1n) is 11.0. The fourth-order valence-electron chi connectivity index (χ4n) is 6.63. The molecule has 166 valence electrons. The van der Waals surface area contributed by atoms with Crippen LogP contribution in [0.25, 0.3) is 0 Å². The molecule has 0 spiro atoms. The van der Waals surface area contributed by atoms with Crippen LogP contribution in [0.3, 0.4) is 0 Å². The summed E-state index contributed by atoms with van der Waals surface area (Å²) in [5.41, 5.74) is 4.17. The number of pyridine rings is 2. The van der Waals surface area contributed by atoms with Crippen LogP contribution in [0.4, 0.5) is 0 Å². The minimum absolute atomic E-state index is 0.0273. The molecule has 3 heterocycles. The first-order valence-corrected chi connectivity index (χ1v) is 11.0. The van der Waals surface area contributed by atoms with Crippen molar-refractivity contribution < 1.29 is 19.1 Å². The van der Waals surface area contributed by atoms with E-state index >= 15 is 0 Å². The zero-order valence-electron chi connectivity index (χ0n) is 18.2. The lowest BCUT2D eigenvalue weighted by molar-refractivity contribution is -0.143. The van der Waals surface area contributed by atoms with Crippen LogP contribution in [0.5, 0.6) is 0 Å². The van der Waals surface area contributed by atoms with Crippen molar-refractivity contribution >= 4 is 23.4 Å². The van der Waals surface area contributed by atoms with Crippen molar-refractivity contribution in [3.8, 4) is 0 Å². The molecule has 2 aromatic rings. The topological polar surface area (TPSA) is 103 Å². The Kier molecular flexibility index (Phi) is 4.50. The minimum atomic E-state index is -0.452. The summed E-state index contributed by atoms with van der Waals surface area (Å²) in [7, 11) is 2.70. The Hall–Kier alpha value is -3.68. The Morgan fingerprint density at radius 1 is 0.727 bits per heavy atom. The maximum atomic E-state index is 12.7. The van der Waals surface area contributed by atoms with Crippen molar-refractivity contribution in [2.24, 2.45) is 45.7 Å². The lowest BCUT2D eigenvalue weighted by atomic mass is 9.54. The number of rotatable bonds is 4. The molecule has 0 unspecified atom stereocenters. The molecule has 1 aliphatic heterocycles. The first kappa shape index (κ1) is 20.0. The Bertz CT molecular complexity index is 1140. The molecule has 6 atom stereocenters. The Morgan fingerprint density at radius 2 is 1.18 bits per heavy atom. The number of fused-ring (bicyclic) bond motifs is 8. The van der Waals surface area contributed by atoms with Gasteiger partial charge in [-0.25, -0.2) is 9.59 Å². The van der Waals surface area contributed by atoms with Gasteiger partial charge < -0.3 is 9.47 Å². The molecular weight excluding hydrogens is 420 g/mol. The highest BCUT2D eigenvalue weighted by Gasteiger charge is 2.69. The molecule has 0 radical (unpaired) electrons. The molecule has 8 nitrogen and oxygen atoms in total. The molecular formula is C25H22N4O4. The smallest absolute Gasteiger partial charge is 0.334 e. The van der Waals surface area contributed by atoms with Crippen LogP contribution >= 0.6 is 0 Å². The molecule has 33 heavy (non-hydrogen) atoms. The van der Waals surface area contributed by atoms with Crippen molar-refractivity contribution in [2.75, 3.05) is 14.2 Å². The fraction of sp³-hybridized carbons (Fsp3) is 0.360. The first-order chi connectivity index (χ1) is 16.2. The van der Waals surface area contributed by atoms with Gasteiger partial charge in [0.15, 0.2) is 0 Å². The van der Waals surface area contributed by atoms with Gasteiger partial charge in [0.1, 0.15) is 0 Å². The third-order valence-corrected chi connectivity index (χ3v) is 7.68. The monoisotopic (exact) mass is 442 g/mol. The molecule has 0 aromatic carbocycles. The van der Waals surface area contributed by atoms with Crippen LogP contribution in [0.15, 0.2) is 70.1 Å². The molecule has 4 aliphatic rings. The van der Waals surface area contributed by atoms with E-state index in [0.29, 0.717) is 11.1 Å². The second-order valence-corrected chi connectivity index (χ2v) is 8.88. The van der Waals surface area contributed by atoms with Crippen molar-refractivity contribution in [1.29, 1.82) is 0 Å². The number of methoxy groups -OCH3 is 2. The van der Waals surface area contributed by atoms with Gasteiger partial charge in [-0.05, 0) is 42.5 Å². The summed E-state index contributed by atoms with van der Waals surface area (Å²) in [4.78, 5) is 34.4. The SMILES string of the molecule is COC(=O)C1=C(C(=O)OC)[C@H]2[C@H]3C[C@@H]([C@@H]12)[C@@H]1C(c2ccccn2)=NN=C(c2ccccn2)[C@H]31. The number of hydrogen-bond acceptors (Lipinski definition) is 8. The van der Waals surface area contributed by atoms with Crippen molar-refractivity contribution in [1.82, 2.24) is 9.97 Å². The molecule has 2 saturated carbocycles. The highest BCUT2D eigenvalue weighted by atomic mass is 16.5. The summed E-state index contributed by atoms with van der Waals surface area (Å²) >= 11 is 0. The minimum Gasteiger partial charge on any atom is -0.466 e. The van der Waals surface area contributed by atoms with Gasteiger partial charge in [-0.15, -0.1) is 0 Å². The summed E-state index contributed by atoms with van der Waals surface area (Å²) in [5, 5.41) is 9.28. The maximum Gasteiger partial charge on any atom is 0.334 e. The van der Waals surface area contributed by atoms with Gasteiger partial charge in [0.05, 0.1) is 48.2 Å². The average molecular weight is 442 g/mol. The van der Waals surface area contributed by atoms with E-state index in [1.807, 2.05) is 36.4 Å². The number of esters is 2.